The summed E-state index contributed by atoms with van der Waals surface area (Å²) in [7, 11) is 0. The topological polar surface area (TPSA) is 61.4 Å². The summed E-state index contributed by atoms with van der Waals surface area (Å²) in [5.74, 6) is 0.781. The lowest BCUT2D eigenvalue weighted by atomic mass is 10.2. The third-order valence-electron chi connectivity index (χ3n) is 2.55. The number of nitrogens with one attached hydrogen (secondary N) is 2. The molecular weight excluding hydrogens is 328 g/mol. The van der Waals surface area contributed by atoms with Gasteiger partial charge in [0.25, 0.3) is 0 Å². The Bertz CT molecular complexity index is 423. The minimum atomic E-state index is -0.253. The van der Waals surface area contributed by atoms with Crippen molar-refractivity contribution in [2.45, 2.75) is 19.4 Å². The number of urea groups is 1. The molecule has 1 aromatic rings. The normalized spacial score (nSPS) is 12.0. The summed E-state index contributed by atoms with van der Waals surface area (Å²) in [6.07, 6.45) is 2.53. The van der Waals surface area contributed by atoms with Gasteiger partial charge >= 0.3 is 6.03 Å². The largest absolute Gasteiger partial charge is 0.396 e. The summed E-state index contributed by atoms with van der Waals surface area (Å²) in [5.41, 5.74) is 1.85. The number of halogens is 1. The first-order valence-corrected chi connectivity index (χ1v) is 8.19. The molecule has 1 rings (SSSR count). The van der Waals surface area contributed by atoms with Crippen molar-refractivity contribution in [1.82, 2.24) is 5.32 Å². The summed E-state index contributed by atoms with van der Waals surface area (Å²) in [4.78, 5) is 11.9. The Morgan fingerprint density at radius 2 is 2.26 bits per heavy atom. The van der Waals surface area contributed by atoms with Crippen LogP contribution in [0.2, 0.25) is 0 Å². The van der Waals surface area contributed by atoms with Crippen LogP contribution in [0.3, 0.4) is 0 Å². The second-order valence-corrected chi connectivity index (χ2v) is 6.01. The highest BCUT2D eigenvalue weighted by atomic mass is 79.9. The van der Waals surface area contributed by atoms with Gasteiger partial charge in [-0.2, -0.15) is 11.8 Å². The summed E-state index contributed by atoms with van der Waals surface area (Å²) in [6, 6.07) is 5.46. The lowest BCUT2D eigenvalue weighted by Crippen LogP contribution is -2.40. The minimum Gasteiger partial charge on any atom is -0.396 e. The Morgan fingerprint density at radius 1 is 1.53 bits per heavy atom. The highest BCUT2D eigenvalue weighted by Gasteiger charge is 2.12. The van der Waals surface area contributed by atoms with Crippen molar-refractivity contribution in [2.24, 2.45) is 0 Å². The average Bonchev–Trinajstić information content (AvgIpc) is 2.33. The predicted octanol–water partition coefficient (Wildman–Crippen LogP) is 2.99. The molecule has 0 unspecified atom stereocenters. The number of carbonyl (C=O) groups excluding carboxylic acids is 1. The van der Waals surface area contributed by atoms with Crippen molar-refractivity contribution in [3.8, 4) is 0 Å². The fourth-order valence-corrected chi connectivity index (χ4v) is 2.86. The van der Waals surface area contributed by atoms with Crippen LogP contribution in [0, 0.1) is 6.92 Å². The number of hydrogen-bond donors (Lipinski definition) is 3. The number of carbonyl (C=O) groups is 1. The molecular formula is C13H19BrN2O2S. The van der Waals surface area contributed by atoms with Gasteiger partial charge in [0.05, 0.1) is 5.69 Å². The number of anilines is 1. The Morgan fingerprint density at radius 3 is 2.84 bits per heavy atom. The molecule has 0 aliphatic heterocycles. The number of aliphatic hydroxyl groups is 1. The van der Waals surface area contributed by atoms with Crippen molar-refractivity contribution in [3.05, 3.63) is 28.2 Å². The summed E-state index contributed by atoms with van der Waals surface area (Å²) < 4.78 is 0.853. The molecule has 1 aromatic carbocycles. The lowest BCUT2D eigenvalue weighted by Gasteiger charge is -2.17. The molecule has 4 nitrogen and oxygen atoms in total. The summed E-state index contributed by atoms with van der Waals surface area (Å²) in [6.45, 7) is 2.06. The molecule has 19 heavy (non-hydrogen) atoms. The van der Waals surface area contributed by atoms with E-state index in [1.54, 1.807) is 11.8 Å². The Kier molecular flexibility index (Phi) is 7.27. The van der Waals surface area contributed by atoms with Gasteiger partial charge in [-0.1, -0.05) is 6.07 Å². The number of amides is 2. The van der Waals surface area contributed by atoms with E-state index < -0.39 is 0 Å². The fourth-order valence-electron chi connectivity index (χ4n) is 1.62. The van der Waals surface area contributed by atoms with Crippen LogP contribution in [0.1, 0.15) is 12.0 Å². The molecule has 0 saturated carbocycles. The Hall–Kier alpha value is -0.720. The van der Waals surface area contributed by atoms with E-state index in [0.29, 0.717) is 6.42 Å². The Balaban J connectivity index is 2.58. The first-order chi connectivity index (χ1) is 9.06. The maximum atomic E-state index is 11.9. The van der Waals surface area contributed by atoms with Gasteiger partial charge in [-0.3, -0.25) is 0 Å². The third-order valence-corrected chi connectivity index (χ3v) is 3.95. The van der Waals surface area contributed by atoms with Gasteiger partial charge in [0.1, 0.15) is 0 Å². The minimum absolute atomic E-state index is 0.0239. The van der Waals surface area contributed by atoms with Gasteiger partial charge in [-0.25, -0.2) is 4.79 Å². The second-order valence-electron chi connectivity index (χ2n) is 4.25. The van der Waals surface area contributed by atoms with E-state index in [-0.39, 0.29) is 18.7 Å². The van der Waals surface area contributed by atoms with Gasteiger partial charge in [-0.15, -0.1) is 0 Å². The fraction of sp³-hybridized carbons (Fsp3) is 0.462. The summed E-state index contributed by atoms with van der Waals surface area (Å²) >= 11 is 5.06. The zero-order valence-corrected chi connectivity index (χ0v) is 13.5. The molecule has 106 valence electrons. The maximum absolute atomic E-state index is 11.9. The molecule has 0 aliphatic carbocycles. The first kappa shape index (κ1) is 16.3. The molecule has 0 aliphatic rings. The molecule has 0 radical (unpaired) electrons. The van der Waals surface area contributed by atoms with E-state index in [2.05, 4.69) is 26.6 Å². The van der Waals surface area contributed by atoms with Crippen molar-refractivity contribution in [2.75, 3.05) is 23.9 Å². The molecule has 0 heterocycles. The highest BCUT2D eigenvalue weighted by molar-refractivity contribution is 9.10. The molecule has 0 aromatic heterocycles. The third kappa shape index (κ3) is 5.84. The standard InChI is InChI=1S/C13H19BrN2O2S/c1-9-3-4-12(11(14)7-9)16-13(18)15-10(5-6-17)8-19-2/h3-4,7,10,17H,5-6,8H2,1-2H3,(H2,15,16,18)/t10-/m0/s1. The zero-order valence-electron chi connectivity index (χ0n) is 11.1. The number of hydrogen-bond acceptors (Lipinski definition) is 3. The van der Waals surface area contributed by atoms with Crippen molar-refractivity contribution in [1.29, 1.82) is 0 Å². The van der Waals surface area contributed by atoms with Crippen LogP contribution in [0.5, 0.6) is 0 Å². The molecule has 0 fully saturated rings. The SMILES string of the molecule is CSC[C@H](CCO)NC(=O)Nc1ccc(C)cc1Br. The van der Waals surface area contributed by atoms with Gasteiger partial charge in [-0.05, 0) is 53.2 Å². The molecule has 0 saturated heterocycles. The summed E-state index contributed by atoms with van der Waals surface area (Å²) in [5, 5.41) is 14.6. The van der Waals surface area contributed by atoms with E-state index in [0.717, 1.165) is 21.5 Å². The molecule has 1 atom stereocenters. The van der Waals surface area contributed by atoms with Crippen LogP contribution in [0.25, 0.3) is 0 Å². The van der Waals surface area contributed by atoms with Crippen molar-refractivity contribution < 1.29 is 9.90 Å². The number of aryl methyl sites for hydroxylation is 1. The van der Waals surface area contributed by atoms with Crippen LogP contribution >= 0.6 is 27.7 Å². The highest BCUT2D eigenvalue weighted by Crippen LogP contribution is 2.23. The van der Waals surface area contributed by atoms with Gasteiger partial charge in [0.2, 0.25) is 0 Å². The first-order valence-electron chi connectivity index (χ1n) is 6.00. The van der Waals surface area contributed by atoms with Crippen LogP contribution in [0.4, 0.5) is 10.5 Å². The average molecular weight is 347 g/mol. The Labute approximate surface area is 126 Å². The number of thioether (sulfide) groups is 1. The predicted molar refractivity (Wildman–Crippen MR) is 84.9 cm³/mol. The smallest absolute Gasteiger partial charge is 0.319 e. The monoisotopic (exact) mass is 346 g/mol. The number of aliphatic hydroxyl groups excluding tert-OH is 1. The van der Waals surface area contributed by atoms with Gasteiger partial charge < -0.3 is 15.7 Å². The van der Waals surface area contributed by atoms with Crippen LogP contribution in [-0.4, -0.2) is 35.8 Å². The number of rotatable bonds is 6. The maximum Gasteiger partial charge on any atom is 0.319 e. The van der Waals surface area contributed by atoms with E-state index >= 15 is 0 Å². The number of benzene rings is 1. The molecule has 6 heteroatoms. The molecule has 0 spiro atoms. The van der Waals surface area contributed by atoms with Crippen LogP contribution in [-0.2, 0) is 0 Å². The van der Waals surface area contributed by atoms with Crippen LogP contribution < -0.4 is 10.6 Å². The second kappa shape index (κ2) is 8.45. The van der Waals surface area contributed by atoms with E-state index in [1.807, 2.05) is 31.4 Å². The van der Waals surface area contributed by atoms with Crippen LogP contribution in [0.15, 0.2) is 22.7 Å². The van der Waals surface area contributed by atoms with Crippen molar-refractivity contribution >= 4 is 39.4 Å². The van der Waals surface area contributed by atoms with Crippen molar-refractivity contribution in [3.63, 3.8) is 0 Å². The van der Waals surface area contributed by atoms with Gasteiger partial charge in [0.15, 0.2) is 0 Å². The zero-order chi connectivity index (χ0) is 14.3. The van der Waals surface area contributed by atoms with Gasteiger partial charge in [0, 0.05) is 22.9 Å². The lowest BCUT2D eigenvalue weighted by molar-refractivity contribution is 0.241. The molecule has 0 bridgehead atoms. The van der Waals surface area contributed by atoms with E-state index in [4.69, 9.17) is 5.11 Å². The molecule has 2 amide bonds. The quantitative estimate of drug-likeness (QED) is 0.741. The molecule has 3 N–H and O–H groups in total. The van der Waals surface area contributed by atoms with E-state index in [9.17, 15) is 4.79 Å². The van der Waals surface area contributed by atoms with E-state index in [1.165, 1.54) is 0 Å².